The van der Waals surface area contributed by atoms with Gasteiger partial charge < -0.3 is 5.32 Å². The van der Waals surface area contributed by atoms with Gasteiger partial charge in [-0.2, -0.15) is 0 Å². The maximum Gasteiger partial charge on any atom is 0.276 e. The van der Waals surface area contributed by atoms with Crippen molar-refractivity contribution in [1.29, 1.82) is 0 Å². The maximum absolute atomic E-state index is 12.0. The van der Waals surface area contributed by atoms with E-state index in [0.29, 0.717) is 23.0 Å². The lowest BCUT2D eigenvalue weighted by Gasteiger charge is -2.10. The zero-order chi connectivity index (χ0) is 16.6. The minimum atomic E-state index is -0.545. The third-order valence-corrected chi connectivity index (χ3v) is 4.29. The first-order chi connectivity index (χ1) is 11.0. The van der Waals surface area contributed by atoms with E-state index in [1.165, 1.54) is 34.9 Å². The highest BCUT2D eigenvalue weighted by molar-refractivity contribution is 8.15. The van der Waals surface area contributed by atoms with Crippen LogP contribution >= 0.6 is 11.8 Å². The Morgan fingerprint density at radius 3 is 2.87 bits per heavy atom. The second-order valence-corrected chi connectivity index (χ2v) is 5.64. The number of thioether (sulfide) groups is 1. The fourth-order valence-electron chi connectivity index (χ4n) is 2.23. The molecule has 0 bridgehead atoms. The van der Waals surface area contributed by atoms with Gasteiger partial charge >= 0.3 is 0 Å². The number of nitrogens with zero attached hydrogens (tertiary/aromatic N) is 4. The summed E-state index contributed by atoms with van der Waals surface area (Å²) in [6.07, 6.45) is 0. The van der Waals surface area contributed by atoms with Crippen molar-refractivity contribution in [3.63, 3.8) is 0 Å². The number of nitro benzene ring substituents is 1. The smallest absolute Gasteiger partial charge is 0.276 e. The van der Waals surface area contributed by atoms with E-state index >= 15 is 0 Å². The molecule has 23 heavy (non-hydrogen) atoms. The molecule has 2 aliphatic rings. The highest BCUT2D eigenvalue weighted by Gasteiger charge is 2.30. The second kappa shape index (κ2) is 5.80. The van der Waals surface area contributed by atoms with E-state index in [2.05, 4.69) is 15.5 Å². The summed E-state index contributed by atoms with van der Waals surface area (Å²) < 4.78 is 0. The van der Waals surface area contributed by atoms with Crippen LogP contribution in [0.25, 0.3) is 0 Å². The van der Waals surface area contributed by atoms with Crippen molar-refractivity contribution in [1.82, 2.24) is 4.90 Å². The molecule has 0 atom stereocenters. The minimum Gasteiger partial charge on any atom is -0.320 e. The number of non-ortho nitro benzene ring substituents is 1. The molecule has 2 aliphatic heterocycles. The molecule has 1 fully saturated rings. The number of nitrogens with one attached hydrogen (secondary N) is 1. The lowest BCUT2D eigenvalue weighted by Crippen LogP contribution is -2.29. The van der Waals surface area contributed by atoms with Gasteiger partial charge in [-0.15, -0.1) is 10.2 Å². The van der Waals surface area contributed by atoms with E-state index in [1.54, 1.807) is 0 Å². The largest absolute Gasteiger partial charge is 0.320 e. The van der Waals surface area contributed by atoms with E-state index in [1.807, 2.05) is 6.92 Å². The van der Waals surface area contributed by atoms with Gasteiger partial charge in [-0.25, -0.2) is 0 Å². The predicted molar refractivity (Wildman–Crippen MR) is 85.5 cm³/mol. The third-order valence-electron chi connectivity index (χ3n) is 3.34. The normalized spacial score (nSPS) is 20.3. The van der Waals surface area contributed by atoms with Crippen LogP contribution in [0.4, 0.5) is 11.4 Å². The molecule has 1 N–H and O–H groups in total. The summed E-state index contributed by atoms with van der Waals surface area (Å²) in [4.78, 5) is 35.4. The first kappa shape index (κ1) is 15.2. The zero-order valence-electron chi connectivity index (χ0n) is 12.0. The maximum atomic E-state index is 12.0. The van der Waals surface area contributed by atoms with Crippen LogP contribution in [-0.4, -0.2) is 44.8 Å². The Bertz CT molecular complexity index is 789. The molecule has 2 amide bonds. The van der Waals surface area contributed by atoms with E-state index in [-0.39, 0.29) is 23.1 Å². The van der Waals surface area contributed by atoms with Gasteiger partial charge in [-0.1, -0.05) is 11.8 Å². The number of carbonyl (C=O) groups excluding carboxylic acids is 2. The molecule has 0 aliphatic carbocycles. The highest BCUT2D eigenvalue weighted by atomic mass is 32.2. The Balaban J connectivity index is 1.98. The zero-order valence-corrected chi connectivity index (χ0v) is 12.8. The number of amidine groups is 1. The first-order valence-electron chi connectivity index (χ1n) is 6.70. The quantitative estimate of drug-likeness (QED) is 0.659. The van der Waals surface area contributed by atoms with Crippen LogP contribution in [0.2, 0.25) is 0 Å². The molecule has 9 nitrogen and oxygen atoms in total. The lowest BCUT2D eigenvalue weighted by atomic mass is 10.1. The van der Waals surface area contributed by atoms with E-state index in [9.17, 15) is 19.7 Å². The molecule has 118 valence electrons. The van der Waals surface area contributed by atoms with Gasteiger partial charge in [0, 0.05) is 24.2 Å². The van der Waals surface area contributed by atoms with Crippen LogP contribution in [0.15, 0.2) is 28.4 Å². The Kier molecular flexibility index (Phi) is 3.82. The number of hydrogen-bond donors (Lipinski definition) is 1. The SMILES string of the molecule is CCN1C(=O)CS/C1=N/N=C1\C(=O)Nc2ccc([N+](=O)[O-])cc21. The second-order valence-electron chi connectivity index (χ2n) is 4.70. The lowest BCUT2D eigenvalue weighted by molar-refractivity contribution is -0.384. The standard InChI is InChI=1S/C13H11N5O4S/c1-2-17-10(19)6-23-13(17)16-15-11-8-5-7(18(21)22)3-4-9(8)14-12(11)20/h3-5H,2,6H2,1H3,(H,14,15,20)/b16-13+. The van der Waals surface area contributed by atoms with Gasteiger partial charge in [-0.3, -0.25) is 24.6 Å². The van der Waals surface area contributed by atoms with Crippen LogP contribution in [0.5, 0.6) is 0 Å². The molecule has 2 heterocycles. The molecule has 0 radical (unpaired) electrons. The minimum absolute atomic E-state index is 0.00722. The van der Waals surface area contributed by atoms with Gasteiger partial charge in [0.15, 0.2) is 10.9 Å². The predicted octanol–water partition coefficient (Wildman–Crippen LogP) is 1.20. The van der Waals surface area contributed by atoms with E-state index in [0.717, 1.165) is 0 Å². The molecule has 0 spiro atoms. The number of rotatable bonds is 3. The molecule has 0 aromatic heterocycles. The summed E-state index contributed by atoms with van der Waals surface area (Å²) in [5.41, 5.74) is 0.626. The Morgan fingerprint density at radius 1 is 1.39 bits per heavy atom. The Labute approximate surface area is 134 Å². The van der Waals surface area contributed by atoms with Crippen LogP contribution < -0.4 is 5.32 Å². The molecule has 0 unspecified atom stereocenters. The fraction of sp³-hybridized carbons (Fsp3) is 0.231. The molecule has 1 aromatic rings. The molecular weight excluding hydrogens is 322 g/mol. The summed E-state index contributed by atoms with van der Waals surface area (Å²) in [7, 11) is 0. The summed E-state index contributed by atoms with van der Waals surface area (Å²) in [6.45, 7) is 2.27. The third kappa shape index (κ3) is 2.68. The van der Waals surface area contributed by atoms with Crippen molar-refractivity contribution in [3.8, 4) is 0 Å². The van der Waals surface area contributed by atoms with Crippen LogP contribution in [-0.2, 0) is 9.59 Å². The van der Waals surface area contributed by atoms with Gasteiger partial charge in [0.2, 0.25) is 5.91 Å². The summed E-state index contributed by atoms with van der Waals surface area (Å²) in [5, 5.41) is 21.7. The number of benzene rings is 1. The van der Waals surface area contributed by atoms with Crippen molar-refractivity contribution in [3.05, 3.63) is 33.9 Å². The summed E-state index contributed by atoms with van der Waals surface area (Å²) >= 11 is 1.24. The van der Waals surface area contributed by atoms with E-state index < -0.39 is 10.8 Å². The van der Waals surface area contributed by atoms with Crippen molar-refractivity contribution < 1.29 is 14.5 Å². The average molecular weight is 333 g/mol. The molecule has 1 saturated heterocycles. The number of anilines is 1. The van der Waals surface area contributed by atoms with Crippen molar-refractivity contribution in [2.45, 2.75) is 6.92 Å². The monoisotopic (exact) mass is 333 g/mol. The number of fused-ring (bicyclic) bond motifs is 1. The van der Waals surface area contributed by atoms with Crippen LogP contribution in [0, 0.1) is 10.1 Å². The van der Waals surface area contributed by atoms with Gasteiger partial charge in [0.05, 0.1) is 16.4 Å². The number of nitro groups is 1. The molecule has 0 saturated carbocycles. The van der Waals surface area contributed by atoms with Gasteiger partial charge in [-0.05, 0) is 13.0 Å². The van der Waals surface area contributed by atoms with Crippen molar-refractivity contribution in [2.24, 2.45) is 10.2 Å². The number of hydrogen-bond acceptors (Lipinski definition) is 7. The Hall–Kier alpha value is -2.75. The topological polar surface area (TPSA) is 117 Å². The van der Waals surface area contributed by atoms with Crippen molar-refractivity contribution >= 4 is 45.8 Å². The highest BCUT2D eigenvalue weighted by Crippen LogP contribution is 2.28. The number of amides is 2. The average Bonchev–Trinajstić information content (AvgIpc) is 3.03. The summed E-state index contributed by atoms with van der Waals surface area (Å²) in [6, 6.07) is 4.03. The van der Waals surface area contributed by atoms with Gasteiger partial charge in [0.1, 0.15) is 0 Å². The fourth-order valence-corrected chi connectivity index (χ4v) is 3.12. The van der Waals surface area contributed by atoms with Crippen LogP contribution in [0.3, 0.4) is 0 Å². The van der Waals surface area contributed by atoms with E-state index in [4.69, 9.17) is 0 Å². The first-order valence-corrected chi connectivity index (χ1v) is 7.68. The number of carbonyl (C=O) groups is 2. The summed E-state index contributed by atoms with van der Waals surface area (Å²) in [5.74, 6) is -0.267. The molecule has 1 aromatic carbocycles. The molecule has 10 heteroatoms. The molecule has 3 rings (SSSR count). The molecular formula is C13H11N5O4S. The van der Waals surface area contributed by atoms with Crippen LogP contribution in [0.1, 0.15) is 12.5 Å². The Morgan fingerprint density at radius 2 is 2.17 bits per heavy atom. The van der Waals surface area contributed by atoms with Gasteiger partial charge in [0.25, 0.3) is 11.6 Å². The van der Waals surface area contributed by atoms with Crippen molar-refractivity contribution in [2.75, 3.05) is 17.6 Å².